The van der Waals surface area contributed by atoms with E-state index in [1.165, 1.54) is 19.3 Å². The van der Waals surface area contributed by atoms with Gasteiger partial charge in [-0.3, -0.25) is 0 Å². The summed E-state index contributed by atoms with van der Waals surface area (Å²) in [4.78, 5) is 0. The smallest absolute Gasteiger partial charge is 0.0932 e. The Balaban J connectivity index is 1.77. The molecule has 3 unspecified atom stereocenters. The second-order valence-electron chi connectivity index (χ2n) is 4.32. The van der Waals surface area contributed by atoms with Crippen LogP contribution in [0.2, 0.25) is 0 Å². The molecule has 1 heterocycles. The third kappa shape index (κ3) is 2.47. The molecule has 1 aliphatic carbocycles. The molecular formula is C11H21NO2. The van der Waals surface area contributed by atoms with Gasteiger partial charge in [0.25, 0.3) is 0 Å². The highest BCUT2D eigenvalue weighted by molar-refractivity contribution is 4.86. The Kier molecular flexibility index (Phi) is 3.79. The first-order valence-corrected chi connectivity index (χ1v) is 5.83. The highest BCUT2D eigenvalue weighted by Crippen LogP contribution is 2.27. The van der Waals surface area contributed by atoms with E-state index in [4.69, 9.17) is 9.47 Å². The fourth-order valence-corrected chi connectivity index (χ4v) is 2.46. The maximum atomic E-state index is 5.83. The molecule has 0 aromatic rings. The molecule has 1 saturated carbocycles. The van der Waals surface area contributed by atoms with Crippen molar-refractivity contribution in [3.8, 4) is 0 Å². The average molecular weight is 199 g/mol. The molecule has 82 valence electrons. The molecule has 0 radical (unpaired) electrons. The van der Waals surface area contributed by atoms with E-state index in [1.54, 1.807) is 0 Å². The molecular weight excluding hydrogens is 178 g/mol. The van der Waals surface area contributed by atoms with Crippen LogP contribution >= 0.6 is 0 Å². The third-order valence-corrected chi connectivity index (χ3v) is 3.32. The number of hydrogen-bond acceptors (Lipinski definition) is 3. The summed E-state index contributed by atoms with van der Waals surface area (Å²) < 4.78 is 11.2. The monoisotopic (exact) mass is 199 g/mol. The number of nitrogens with one attached hydrogen (secondary N) is 1. The van der Waals surface area contributed by atoms with Crippen molar-refractivity contribution >= 4 is 0 Å². The van der Waals surface area contributed by atoms with E-state index in [0.717, 1.165) is 32.3 Å². The van der Waals surface area contributed by atoms with Crippen LogP contribution in [0.1, 0.15) is 26.2 Å². The lowest BCUT2D eigenvalue weighted by atomic mass is 10.1. The summed E-state index contributed by atoms with van der Waals surface area (Å²) in [7, 11) is 0. The maximum absolute atomic E-state index is 5.83. The zero-order chi connectivity index (χ0) is 9.80. The molecule has 0 bridgehead atoms. The topological polar surface area (TPSA) is 30.5 Å². The Labute approximate surface area is 86.2 Å². The summed E-state index contributed by atoms with van der Waals surface area (Å²) in [5.74, 6) is 0.752. The summed E-state index contributed by atoms with van der Waals surface area (Å²) in [6.45, 7) is 5.44. The Hall–Kier alpha value is -0.120. The van der Waals surface area contributed by atoms with E-state index in [-0.39, 0.29) is 6.10 Å². The molecule has 1 N–H and O–H groups in total. The van der Waals surface area contributed by atoms with Gasteiger partial charge in [-0.15, -0.1) is 0 Å². The van der Waals surface area contributed by atoms with Crippen molar-refractivity contribution < 1.29 is 9.47 Å². The van der Waals surface area contributed by atoms with Gasteiger partial charge in [-0.05, 0) is 25.7 Å². The summed E-state index contributed by atoms with van der Waals surface area (Å²) >= 11 is 0. The van der Waals surface area contributed by atoms with Gasteiger partial charge in [0.1, 0.15) is 0 Å². The molecule has 0 spiro atoms. The van der Waals surface area contributed by atoms with E-state index in [0.29, 0.717) is 6.04 Å². The molecule has 3 nitrogen and oxygen atoms in total. The van der Waals surface area contributed by atoms with Gasteiger partial charge in [-0.25, -0.2) is 0 Å². The predicted molar refractivity (Wildman–Crippen MR) is 55.4 cm³/mol. The van der Waals surface area contributed by atoms with E-state index in [2.05, 4.69) is 5.32 Å². The van der Waals surface area contributed by atoms with E-state index in [1.807, 2.05) is 6.92 Å². The third-order valence-electron chi connectivity index (χ3n) is 3.32. The first kappa shape index (κ1) is 10.4. The zero-order valence-electron chi connectivity index (χ0n) is 9.00. The van der Waals surface area contributed by atoms with Crippen molar-refractivity contribution in [2.24, 2.45) is 5.92 Å². The van der Waals surface area contributed by atoms with Gasteiger partial charge in [0.2, 0.25) is 0 Å². The van der Waals surface area contributed by atoms with Crippen LogP contribution in [0.15, 0.2) is 0 Å². The van der Waals surface area contributed by atoms with Gasteiger partial charge < -0.3 is 14.8 Å². The number of fused-ring (bicyclic) bond motifs is 1. The van der Waals surface area contributed by atoms with Crippen molar-refractivity contribution in [3.63, 3.8) is 0 Å². The van der Waals surface area contributed by atoms with Crippen molar-refractivity contribution in [2.75, 3.05) is 26.4 Å². The zero-order valence-corrected chi connectivity index (χ0v) is 9.00. The van der Waals surface area contributed by atoms with Crippen LogP contribution in [-0.2, 0) is 9.47 Å². The van der Waals surface area contributed by atoms with Crippen LogP contribution < -0.4 is 5.32 Å². The molecule has 0 aromatic carbocycles. The predicted octanol–water partition coefficient (Wildman–Crippen LogP) is 1.18. The number of ether oxygens (including phenoxy) is 2. The molecule has 14 heavy (non-hydrogen) atoms. The minimum atomic E-state index is 0.264. The van der Waals surface area contributed by atoms with Crippen molar-refractivity contribution in [2.45, 2.75) is 38.3 Å². The van der Waals surface area contributed by atoms with E-state index < -0.39 is 0 Å². The second-order valence-corrected chi connectivity index (χ2v) is 4.32. The van der Waals surface area contributed by atoms with Gasteiger partial charge in [0, 0.05) is 19.2 Å². The number of hydrogen-bond donors (Lipinski definition) is 1. The fourth-order valence-electron chi connectivity index (χ4n) is 2.46. The molecule has 0 amide bonds. The Morgan fingerprint density at radius 2 is 2.36 bits per heavy atom. The molecule has 0 aromatic heterocycles. The van der Waals surface area contributed by atoms with Crippen LogP contribution in [0.25, 0.3) is 0 Å². The maximum Gasteiger partial charge on any atom is 0.0932 e. The van der Waals surface area contributed by atoms with Crippen molar-refractivity contribution in [1.82, 2.24) is 5.32 Å². The highest BCUT2D eigenvalue weighted by Gasteiger charge is 2.31. The molecule has 1 saturated heterocycles. The normalized spacial score (nSPS) is 37.9. The fraction of sp³-hybridized carbons (Fsp3) is 1.00. The quantitative estimate of drug-likeness (QED) is 0.740. The average Bonchev–Trinajstić information content (AvgIpc) is 2.57. The van der Waals surface area contributed by atoms with Gasteiger partial charge in [-0.1, -0.05) is 6.42 Å². The Morgan fingerprint density at radius 3 is 3.21 bits per heavy atom. The lowest BCUT2D eigenvalue weighted by Gasteiger charge is -2.15. The van der Waals surface area contributed by atoms with Crippen molar-refractivity contribution in [1.29, 1.82) is 0 Å². The van der Waals surface area contributed by atoms with E-state index in [9.17, 15) is 0 Å². The van der Waals surface area contributed by atoms with Gasteiger partial charge in [0.05, 0.1) is 19.3 Å². The summed E-state index contributed by atoms with van der Waals surface area (Å²) in [6.07, 6.45) is 4.29. The molecule has 1 aliphatic heterocycles. The lowest BCUT2D eigenvalue weighted by Crippen LogP contribution is -2.35. The standard InChI is InChI=1S/C11H21NO2/c1-2-13-8-10-6-12-11-5-3-4-9(11)7-14-10/h9-12H,2-8H2,1H3. The minimum absolute atomic E-state index is 0.264. The molecule has 3 atom stereocenters. The van der Waals surface area contributed by atoms with Crippen LogP contribution in [0, 0.1) is 5.92 Å². The summed E-state index contributed by atoms with van der Waals surface area (Å²) in [5, 5.41) is 3.60. The van der Waals surface area contributed by atoms with Gasteiger partial charge in [0.15, 0.2) is 0 Å². The summed E-state index contributed by atoms with van der Waals surface area (Å²) in [6, 6.07) is 0.710. The largest absolute Gasteiger partial charge is 0.379 e. The molecule has 2 fully saturated rings. The summed E-state index contributed by atoms with van der Waals surface area (Å²) in [5.41, 5.74) is 0. The van der Waals surface area contributed by atoms with Gasteiger partial charge >= 0.3 is 0 Å². The van der Waals surface area contributed by atoms with Crippen LogP contribution in [-0.4, -0.2) is 38.5 Å². The number of rotatable bonds is 3. The highest BCUT2D eigenvalue weighted by atomic mass is 16.5. The van der Waals surface area contributed by atoms with E-state index >= 15 is 0 Å². The minimum Gasteiger partial charge on any atom is -0.379 e. The van der Waals surface area contributed by atoms with Crippen molar-refractivity contribution in [3.05, 3.63) is 0 Å². The molecule has 2 aliphatic rings. The van der Waals surface area contributed by atoms with Crippen LogP contribution in [0.5, 0.6) is 0 Å². The molecule has 3 heteroatoms. The Morgan fingerprint density at radius 1 is 1.43 bits per heavy atom. The lowest BCUT2D eigenvalue weighted by molar-refractivity contribution is -0.0132. The van der Waals surface area contributed by atoms with Gasteiger partial charge in [-0.2, -0.15) is 0 Å². The van der Waals surface area contributed by atoms with Crippen LogP contribution in [0.3, 0.4) is 0 Å². The first-order valence-electron chi connectivity index (χ1n) is 5.83. The van der Waals surface area contributed by atoms with Crippen LogP contribution in [0.4, 0.5) is 0 Å². The SMILES string of the molecule is CCOCC1CNC2CCCC2CO1. The molecule has 2 rings (SSSR count). The Bertz CT molecular complexity index is 161. The second kappa shape index (κ2) is 5.10. The first-order chi connectivity index (χ1) is 6.90.